The normalized spacial score (nSPS) is 13.3. The Labute approximate surface area is 202 Å². The molecule has 0 saturated carbocycles. The second kappa shape index (κ2) is 17.5. The highest BCUT2D eigenvalue weighted by atomic mass is 16.5. The van der Waals surface area contributed by atoms with Crippen molar-refractivity contribution in [2.24, 2.45) is 16.9 Å². The van der Waals surface area contributed by atoms with Gasteiger partial charge in [-0.15, -0.1) is 6.58 Å². The Hall–Kier alpha value is -1.92. The van der Waals surface area contributed by atoms with Gasteiger partial charge in [-0.3, -0.25) is 4.90 Å². The summed E-state index contributed by atoms with van der Waals surface area (Å²) in [7, 11) is 0. The van der Waals surface area contributed by atoms with Gasteiger partial charge in [-0.25, -0.2) is 0 Å². The molecule has 0 bridgehead atoms. The highest BCUT2D eigenvalue weighted by molar-refractivity contribution is 5.52. The topological polar surface area (TPSA) is 76.5 Å². The monoisotopic (exact) mass is 456 g/mol. The molecule has 1 atom stereocenters. The van der Waals surface area contributed by atoms with Crippen LogP contribution in [0.15, 0.2) is 54.6 Å². The number of hydrogen-bond acceptors (Lipinski definition) is 5. The van der Waals surface area contributed by atoms with Crippen LogP contribution in [0.5, 0.6) is 5.75 Å². The van der Waals surface area contributed by atoms with Crippen molar-refractivity contribution in [3.05, 3.63) is 60.2 Å². The summed E-state index contributed by atoms with van der Waals surface area (Å²) in [5, 5.41) is 3.49. The molecule has 0 radical (unpaired) electrons. The number of benzene rings is 1. The van der Waals surface area contributed by atoms with Crippen LogP contribution in [-0.4, -0.2) is 57.3 Å². The summed E-state index contributed by atoms with van der Waals surface area (Å²) in [6, 6.07) is 8.33. The van der Waals surface area contributed by atoms with Crippen LogP contribution in [0, 0.1) is 5.41 Å². The van der Waals surface area contributed by atoms with Gasteiger partial charge in [0.05, 0.1) is 6.61 Å². The maximum absolute atomic E-state index is 5.90. The van der Waals surface area contributed by atoms with Crippen LogP contribution < -0.4 is 21.5 Å². The molecule has 5 nitrogen and oxygen atoms in total. The molecule has 0 amide bonds. The van der Waals surface area contributed by atoms with Gasteiger partial charge in [-0.2, -0.15) is 0 Å². The fourth-order valence-corrected chi connectivity index (χ4v) is 3.49. The molecule has 0 heterocycles. The van der Waals surface area contributed by atoms with Gasteiger partial charge in [-0.1, -0.05) is 48.9 Å². The lowest BCUT2D eigenvalue weighted by Gasteiger charge is -2.20. The summed E-state index contributed by atoms with van der Waals surface area (Å²) in [6.45, 7) is 17.4. The molecule has 0 aromatic heterocycles. The zero-order chi connectivity index (χ0) is 24.4. The fourth-order valence-electron chi connectivity index (χ4n) is 3.49. The Balaban J connectivity index is 2.27. The van der Waals surface area contributed by atoms with Crippen LogP contribution >= 0.6 is 0 Å². The minimum atomic E-state index is 0.00226. The van der Waals surface area contributed by atoms with E-state index in [4.69, 9.17) is 16.2 Å². The molecule has 186 valence electrons. The molecular weight excluding hydrogens is 408 g/mol. The van der Waals surface area contributed by atoms with Gasteiger partial charge in [0.1, 0.15) is 5.75 Å². The van der Waals surface area contributed by atoms with E-state index in [0.717, 1.165) is 70.8 Å². The Morgan fingerprint density at radius 2 is 1.76 bits per heavy atom. The molecule has 0 saturated heterocycles. The first kappa shape index (κ1) is 29.1. The molecule has 5 N–H and O–H groups in total. The first-order chi connectivity index (χ1) is 15.9. The minimum Gasteiger partial charge on any atom is -0.494 e. The predicted octanol–water partition coefficient (Wildman–Crippen LogP) is 4.61. The predicted molar refractivity (Wildman–Crippen MR) is 145 cm³/mol. The number of hydrogen-bond donors (Lipinski definition) is 3. The summed E-state index contributed by atoms with van der Waals surface area (Å²) in [5.74, 6) is 0.925. The number of nitrogens with two attached hydrogens (primary N) is 2. The van der Waals surface area contributed by atoms with Crippen molar-refractivity contribution in [3.8, 4) is 5.75 Å². The molecule has 1 aromatic rings. The van der Waals surface area contributed by atoms with E-state index in [0.29, 0.717) is 13.1 Å². The van der Waals surface area contributed by atoms with E-state index in [1.54, 1.807) is 0 Å². The zero-order valence-corrected chi connectivity index (χ0v) is 21.3. The first-order valence-electron chi connectivity index (χ1n) is 12.4. The van der Waals surface area contributed by atoms with Gasteiger partial charge in [0, 0.05) is 44.7 Å². The van der Waals surface area contributed by atoms with Gasteiger partial charge < -0.3 is 21.5 Å². The van der Waals surface area contributed by atoms with Crippen LogP contribution in [0.4, 0.5) is 0 Å². The quantitative estimate of drug-likeness (QED) is 0.209. The highest BCUT2D eigenvalue weighted by Gasteiger charge is 2.15. The van der Waals surface area contributed by atoms with Crippen LogP contribution in [0.1, 0.15) is 52.0 Å². The van der Waals surface area contributed by atoms with E-state index < -0.39 is 0 Å². The molecule has 0 aliphatic carbocycles. The van der Waals surface area contributed by atoms with E-state index in [1.807, 2.05) is 6.08 Å². The molecule has 5 heteroatoms. The van der Waals surface area contributed by atoms with Crippen LogP contribution in [0.25, 0.3) is 6.08 Å². The summed E-state index contributed by atoms with van der Waals surface area (Å²) >= 11 is 0. The van der Waals surface area contributed by atoms with Gasteiger partial charge in [0.2, 0.25) is 0 Å². The standard InChI is InChI=1S/C28H48N4O/c1-5-28(4,15-8-9-25(2)3)16-14-26-10-12-27(13-11-26)33-24-7-6-19-31-20-23-32(21-17-29)22-18-30/h5,9-14,16,31H,1,6-8,15,17-24,29-30H2,2-4H3/b16-14+/t28-/m1/s1. The van der Waals surface area contributed by atoms with E-state index in [1.165, 1.54) is 11.1 Å². The number of unbranched alkanes of at least 4 members (excludes halogenated alkanes) is 1. The second-order valence-electron chi connectivity index (χ2n) is 9.16. The first-order valence-corrected chi connectivity index (χ1v) is 12.4. The lowest BCUT2D eigenvalue weighted by molar-refractivity contribution is 0.284. The average Bonchev–Trinajstić information content (AvgIpc) is 2.80. The lowest BCUT2D eigenvalue weighted by Crippen LogP contribution is -2.38. The second-order valence-corrected chi connectivity index (χ2v) is 9.16. The molecule has 0 fully saturated rings. The smallest absolute Gasteiger partial charge is 0.119 e. The number of allylic oxidation sites excluding steroid dienone is 4. The van der Waals surface area contributed by atoms with Crippen molar-refractivity contribution in [1.29, 1.82) is 0 Å². The average molecular weight is 457 g/mol. The number of rotatable bonds is 19. The molecule has 0 aliphatic heterocycles. The Morgan fingerprint density at radius 3 is 2.36 bits per heavy atom. The van der Waals surface area contributed by atoms with E-state index in [2.05, 4.69) is 80.1 Å². The van der Waals surface area contributed by atoms with Crippen LogP contribution in [0.2, 0.25) is 0 Å². The van der Waals surface area contributed by atoms with E-state index in [-0.39, 0.29) is 5.41 Å². The van der Waals surface area contributed by atoms with E-state index in [9.17, 15) is 0 Å². The minimum absolute atomic E-state index is 0.00226. The molecule has 0 aliphatic rings. The maximum Gasteiger partial charge on any atom is 0.119 e. The SMILES string of the molecule is C=C[C@@](C)(/C=C/c1ccc(OCCCCNCCN(CCN)CCN)cc1)CCC=C(C)C. The van der Waals surface area contributed by atoms with Gasteiger partial charge in [0.15, 0.2) is 0 Å². The van der Waals surface area contributed by atoms with Gasteiger partial charge in [0.25, 0.3) is 0 Å². The van der Waals surface area contributed by atoms with Crippen molar-refractivity contribution >= 4 is 6.08 Å². The largest absolute Gasteiger partial charge is 0.494 e. The Morgan fingerprint density at radius 1 is 1.06 bits per heavy atom. The van der Waals surface area contributed by atoms with Crippen LogP contribution in [-0.2, 0) is 0 Å². The molecule has 0 spiro atoms. The Kier molecular flexibility index (Phi) is 15.5. The van der Waals surface area contributed by atoms with Crippen molar-refractivity contribution in [3.63, 3.8) is 0 Å². The highest BCUT2D eigenvalue weighted by Crippen LogP contribution is 2.28. The molecular formula is C28H48N4O. The van der Waals surface area contributed by atoms with Gasteiger partial charge >= 0.3 is 0 Å². The summed E-state index contributed by atoms with van der Waals surface area (Å²) in [4.78, 5) is 2.30. The van der Waals surface area contributed by atoms with E-state index >= 15 is 0 Å². The molecule has 33 heavy (non-hydrogen) atoms. The summed E-state index contributed by atoms with van der Waals surface area (Å²) < 4.78 is 5.90. The lowest BCUT2D eigenvalue weighted by atomic mass is 9.84. The summed E-state index contributed by atoms with van der Waals surface area (Å²) in [5.41, 5.74) is 13.8. The maximum atomic E-state index is 5.90. The Bertz CT molecular complexity index is 688. The van der Waals surface area contributed by atoms with Crippen molar-refractivity contribution < 1.29 is 4.74 Å². The third-order valence-electron chi connectivity index (χ3n) is 5.75. The summed E-state index contributed by atoms with van der Waals surface area (Å²) in [6.07, 6.45) is 13.0. The van der Waals surface area contributed by atoms with Crippen molar-refractivity contribution in [1.82, 2.24) is 10.2 Å². The van der Waals surface area contributed by atoms with Crippen molar-refractivity contribution in [2.75, 3.05) is 52.4 Å². The third-order valence-corrected chi connectivity index (χ3v) is 5.75. The number of nitrogens with one attached hydrogen (secondary N) is 1. The zero-order valence-electron chi connectivity index (χ0n) is 21.3. The third kappa shape index (κ3) is 14.1. The van der Waals surface area contributed by atoms with Crippen molar-refractivity contribution in [2.45, 2.75) is 46.5 Å². The molecule has 1 aromatic carbocycles. The fraction of sp³-hybridized carbons (Fsp3) is 0.571. The number of nitrogens with zero attached hydrogens (tertiary/aromatic N) is 1. The molecule has 0 unspecified atom stereocenters. The number of ether oxygens (including phenoxy) is 1. The van der Waals surface area contributed by atoms with Gasteiger partial charge in [-0.05, 0) is 63.8 Å². The van der Waals surface area contributed by atoms with Crippen LogP contribution in [0.3, 0.4) is 0 Å². The molecule has 1 rings (SSSR count).